The smallest absolute Gasteiger partial charge is 0.562 e. The summed E-state index contributed by atoms with van der Waals surface area (Å²) in [7, 11) is -6.21. The molecule has 4 atom stereocenters. The fraction of sp³-hybridized carbons (Fsp3) is 0.889. The van der Waals surface area contributed by atoms with Gasteiger partial charge in [0.25, 0.3) is 0 Å². The van der Waals surface area contributed by atoms with E-state index in [1.54, 1.807) is 0 Å². The molecule has 1 heterocycles. The first-order chi connectivity index (χ1) is 15.5. The van der Waals surface area contributed by atoms with Gasteiger partial charge in [-0.2, -0.15) is 0 Å². The number of ether oxygens (including phenoxy) is 2. The van der Waals surface area contributed by atoms with E-state index in [1.165, 1.54) is 0 Å². The average molecular weight is 551 g/mol. The van der Waals surface area contributed by atoms with Crippen LogP contribution >= 0.6 is 0 Å². The van der Waals surface area contributed by atoms with E-state index in [2.05, 4.69) is 120 Å². The minimum atomic E-state index is -2.12. The summed E-state index contributed by atoms with van der Waals surface area (Å²) in [5.41, 5.74) is 2.58. The first kappa shape index (κ1) is 36.4. The van der Waals surface area contributed by atoms with Crippen LogP contribution in [0.25, 0.3) is 0 Å². The zero-order chi connectivity index (χ0) is 27.7. The van der Waals surface area contributed by atoms with E-state index in [-0.39, 0.29) is 52.3 Å². The van der Waals surface area contributed by atoms with Crippen molar-refractivity contribution in [2.45, 2.75) is 148 Å². The third kappa shape index (κ3) is 9.55. The van der Waals surface area contributed by atoms with Crippen LogP contribution in [0.5, 0.6) is 0 Å². The van der Waals surface area contributed by atoms with Crippen molar-refractivity contribution >= 4 is 25.0 Å². The van der Waals surface area contributed by atoms with Gasteiger partial charge < -0.3 is 22.8 Å². The molecule has 206 valence electrons. The number of hydrogen-bond acceptors (Lipinski definition) is 5. The molecule has 1 saturated heterocycles. The topological polar surface area (TPSA) is 46.2 Å². The minimum Gasteiger partial charge on any atom is -0.562 e. The van der Waals surface area contributed by atoms with Gasteiger partial charge in [-0.1, -0.05) is 62.3 Å². The number of rotatable bonds is 9. The Balaban J connectivity index is 0.0000122. The van der Waals surface area contributed by atoms with E-state index >= 15 is 0 Å². The van der Waals surface area contributed by atoms with E-state index in [4.69, 9.17) is 22.8 Å². The number of hydrogen-bond donors (Lipinski definition) is 0. The summed E-state index contributed by atoms with van der Waals surface area (Å²) in [5.74, 6) is 0. The van der Waals surface area contributed by atoms with Gasteiger partial charge in [0.2, 0.25) is 0 Å². The molecule has 1 aliphatic heterocycles. The Kier molecular flexibility index (Phi) is 12.9. The standard InChI is InChI=1S/C27H55O5Si3.Li/c1-17-18-28-23-19-21(31-34(13,14)26(5,6)7)24(32-35(15,16)27(8,9)10)22(30-23)20-29-33(11,12)25(2,3)4;/h21-24H,1,19-20H2,2-16H3;/q-1;+1/t21-,22-,23-,24-;/m1./s1. The van der Waals surface area contributed by atoms with E-state index in [0.29, 0.717) is 13.0 Å². The van der Waals surface area contributed by atoms with E-state index in [1.807, 2.05) is 0 Å². The fourth-order valence-corrected chi connectivity index (χ4v) is 6.75. The first-order valence-electron chi connectivity index (χ1n) is 13.0. The molecule has 1 aliphatic rings. The molecule has 0 aromatic carbocycles. The largest absolute Gasteiger partial charge is 1.00 e. The Morgan fingerprint density at radius 1 is 0.806 bits per heavy atom. The van der Waals surface area contributed by atoms with Crippen LogP contribution in [0.3, 0.4) is 0 Å². The maximum atomic E-state index is 7.07. The molecule has 36 heavy (non-hydrogen) atoms. The van der Waals surface area contributed by atoms with Crippen LogP contribution in [0.1, 0.15) is 68.7 Å². The van der Waals surface area contributed by atoms with E-state index < -0.39 is 31.2 Å². The van der Waals surface area contributed by atoms with Crippen molar-refractivity contribution in [3.05, 3.63) is 18.6 Å². The van der Waals surface area contributed by atoms with E-state index in [9.17, 15) is 0 Å². The molecule has 0 aliphatic carbocycles. The van der Waals surface area contributed by atoms with Crippen molar-refractivity contribution in [2.24, 2.45) is 0 Å². The quantitative estimate of drug-likeness (QED) is 0.174. The Morgan fingerprint density at radius 2 is 1.25 bits per heavy atom. The average Bonchev–Trinajstić information content (AvgIpc) is 2.63. The van der Waals surface area contributed by atoms with Crippen molar-refractivity contribution in [1.29, 1.82) is 0 Å². The van der Waals surface area contributed by atoms with Gasteiger partial charge in [-0.05, 0) is 60.7 Å². The molecule has 0 aromatic rings. The molecular formula is C27H55LiO5Si3. The summed E-state index contributed by atoms with van der Waals surface area (Å²) in [6.07, 6.45) is 2.00. The molecule has 1 fully saturated rings. The summed E-state index contributed by atoms with van der Waals surface area (Å²) >= 11 is 0. The summed E-state index contributed by atoms with van der Waals surface area (Å²) < 4.78 is 33.0. The molecule has 0 N–H and O–H groups in total. The Labute approximate surface area is 238 Å². The van der Waals surface area contributed by atoms with Gasteiger partial charge in [-0.15, -0.1) is 0 Å². The van der Waals surface area contributed by atoms with Crippen molar-refractivity contribution in [2.75, 3.05) is 6.61 Å². The minimum absolute atomic E-state index is 0. The second-order valence-electron chi connectivity index (χ2n) is 14.6. The predicted octanol–water partition coefficient (Wildman–Crippen LogP) is 5.03. The third-order valence-corrected chi connectivity index (χ3v) is 22.1. The van der Waals surface area contributed by atoms with Crippen molar-refractivity contribution in [1.82, 2.24) is 0 Å². The van der Waals surface area contributed by atoms with Crippen LogP contribution in [0, 0.1) is 6.26 Å². The second kappa shape index (κ2) is 12.7. The molecule has 0 unspecified atom stereocenters. The fourth-order valence-electron chi connectivity index (χ4n) is 3.05. The molecule has 0 saturated carbocycles. The van der Waals surface area contributed by atoms with Crippen LogP contribution < -0.4 is 18.9 Å². The monoisotopic (exact) mass is 550 g/mol. The molecule has 5 nitrogen and oxygen atoms in total. The van der Waals surface area contributed by atoms with Gasteiger partial charge in [0, 0.05) is 6.42 Å². The van der Waals surface area contributed by atoms with Gasteiger partial charge >= 0.3 is 18.9 Å². The van der Waals surface area contributed by atoms with Crippen molar-refractivity contribution < 1.29 is 41.6 Å². The molecule has 0 radical (unpaired) electrons. The Morgan fingerprint density at radius 3 is 1.67 bits per heavy atom. The van der Waals surface area contributed by atoms with Crippen molar-refractivity contribution in [3.63, 3.8) is 0 Å². The van der Waals surface area contributed by atoms with Gasteiger partial charge in [-0.3, -0.25) is 5.73 Å². The molecule has 1 rings (SSSR count). The maximum Gasteiger partial charge on any atom is 1.00 e. The third-order valence-electron chi connectivity index (χ3n) is 8.65. The molecule has 0 amide bonds. The Hall–Kier alpha value is 0.408. The molecule has 9 heteroatoms. The van der Waals surface area contributed by atoms with Crippen LogP contribution in [0.2, 0.25) is 54.4 Å². The van der Waals surface area contributed by atoms with Crippen LogP contribution in [0.15, 0.2) is 12.3 Å². The molecule has 0 aromatic heterocycles. The van der Waals surface area contributed by atoms with Gasteiger partial charge in [0.05, 0.1) is 18.8 Å². The summed E-state index contributed by atoms with van der Waals surface area (Å²) in [5, 5.41) is 0.235. The first-order valence-corrected chi connectivity index (χ1v) is 21.8. The second-order valence-corrected chi connectivity index (χ2v) is 28.9. The van der Waals surface area contributed by atoms with Gasteiger partial charge in [0.15, 0.2) is 31.2 Å². The summed E-state index contributed by atoms with van der Waals surface area (Å²) in [4.78, 5) is 0. The van der Waals surface area contributed by atoms with Crippen molar-refractivity contribution in [3.8, 4) is 0 Å². The van der Waals surface area contributed by atoms with Crippen LogP contribution in [0.4, 0.5) is 0 Å². The summed E-state index contributed by atoms with van der Waals surface area (Å²) in [6.45, 7) is 38.1. The zero-order valence-electron chi connectivity index (χ0n) is 26.5. The molecular weight excluding hydrogens is 495 g/mol. The summed E-state index contributed by atoms with van der Waals surface area (Å²) in [6, 6.07) is 0. The molecule has 0 bridgehead atoms. The van der Waals surface area contributed by atoms with Gasteiger partial charge in [0.1, 0.15) is 6.10 Å². The van der Waals surface area contributed by atoms with Gasteiger partial charge in [-0.25, -0.2) is 6.58 Å². The normalized spacial score (nSPS) is 24.5. The maximum absolute atomic E-state index is 7.07. The van der Waals surface area contributed by atoms with Crippen LogP contribution in [-0.4, -0.2) is 56.2 Å². The zero-order valence-corrected chi connectivity index (χ0v) is 29.5. The SMILES string of the molecule is C=C=[C-]O[C@H]1C[C@@H](O[Si](C)(C)C(C)(C)C)[C@@H](O[Si](C)(C)C(C)(C)C)[C@@H](CO[Si](C)(C)C(C)(C)C)O1.[Li+]. The van der Waals surface area contributed by atoms with Crippen LogP contribution in [-0.2, 0) is 22.8 Å². The van der Waals surface area contributed by atoms with E-state index in [0.717, 1.165) is 0 Å². The molecule has 0 spiro atoms. The Bertz CT molecular complexity index is 744. The predicted molar refractivity (Wildman–Crippen MR) is 154 cm³/mol.